The van der Waals surface area contributed by atoms with Gasteiger partial charge in [-0.1, -0.05) is 23.7 Å². The molecule has 0 aliphatic carbocycles. The number of benzene rings is 2. The van der Waals surface area contributed by atoms with Gasteiger partial charge in [-0.05, 0) is 33.8 Å². The quantitative estimate of drug-likeness (QED) is 0.322. The summed E-state index contributed by atoms with van der Waals surface area (Å²) in [6, 6.07) is 4.49. The highest BCUT2D eigenvalue weighted by Crippen LogP contribution is 2.44. The van der Waals surface area contributed by atoms with Gasteiger partial charge in [-0.3, -0.25) is 0 Å². The zero-order valence-electron chi connectivity index (χ0n) is 20.9. The number of alkyl halides is 2. The SMILES string of the molecule is COCCOc1c(OC)cc2nc(C)nc(N[C@H](C)c3cccc(C(F)(F)C(C)(C)O)c3F)c2c1Cl. The lowest BCUT2D eigenvalue weighted by Crippen LogP contribution is -2.41. The van der Waals surface area contributed by atoms with E-state index < -0.39 is 28.9 Å². The Bertz CT molecular complexity index is 1250. The van der Waals surface area contributed by atoms with Crippen molar-refractivity contribution in [1.82, 2.24) is 9.97 Å². The zero-order chi connectivity index (χ0) is 26.8. The van der Waals surface area contributed by atoms with Gasteiger partial charge in [0.15, 0.2) is 11.5 Å². The number of rotatable bonds is 10. The third kappa shape index (κ3) is 5.30. The lowest BCUT2D eigenvalue weighted by Gasteiger charge is -2.30. The van der Waals surface area contributed by atoms with Gasteiger partial charge in [0.1, 0.15) is 29.7 Å². The molecule has 0 spiro atoms. The first kappa shape index (κ1) is 27.8. The molecule has 0 amide bonds. The number of halogens is 4. The first-order chi connectivity index (χ1) is 16.8. The van der Waals surface area contributed by atoms with Crippen molar-refractivity contribution in [3.05, 3.63) is 52.1 Å². The largest absolute Gasteiger partial charge is 0.493 e. The van der Waals surface area contributed by atoms with E-state index in [0.29, 0.717) is 29.1 Å². The highest BCUT2D eigenvalue weighted by molar-refractivity contribution is 6.38. The third-order valence-electron chi connectivity index (χ3n) is 5.67. The van der Waals surface area contributed by atoms with Crippen LogP contribution in [0.4, 0.5) is 19.0 Å². The number of nitrogens with one attached hydrogen (secondary N) is 1. The molecule has 1 atom stereocenters. The first-order valence-electron chi connectivity index (χ1n) is 11.2. The third-order valence-corrected chi connectivity index (χ3v) is 6.03. The fraction of sp³-hybridized carbons (Fsp3) is 0.440. The molecule has 0 fully saturated rings. The molecule has 0 bridgehead atoms. The number of aryl methyl sites for hydroxylation is 1. The van der Waals surface area contributed by atoms with Crippen LogP contribution in [-0.4, -0.2) is 48.1 Å². The number of nitrogens with zero attached hydrogens (tertiary/aromatic N) is 2. The highest BCUT2D eigenvalue weighted by Gasteiger charge is 2.49. The van der Waals surface area contributed by atoms with Gasteiger partial charge in [-0.2, -0.15) is 8.78 Å². The summed E-state index contributed by atoms with van der Waals surface area (Å²) in [4.78, 5) is 8.84. The maximum absolute atomic E-state index is 15.3. The van der Waals surface area contributed by atoms with Crippen molar-refractivity contribution in [2.24, 2.45) is 0 Å². The van der Waals surface area contributed by atoms with Crippen molar-refractivity contribution in [3.63, 3.8) is 0 Å². The number of anilines is 1. The van der Waals surface area contributed by atoms with E-state index in [1.54, 1.807) is 19.9 Å². The van der Waals surface area contributed by atoms with E-state index >= 15 is 4.39 Å². The molecule has 36 heavy (non-hydrogen) atoms. The minimum absolute atomic E-state index is 0.0398. The van der Waals surface area contributed by atoms with Gasteiger partial charge < -0.3 is 24.6 Å². The van der Waals surface area contributed by atoms with Gasteiger partial charge in [-0.15, -0.1) is 0 Å². The lowest BCUT2D eigenvalue weighted by molar-refractivity contribution is -0.170. The second-order valence-corrected chi connectivity index (χ2v) is 9.16. The maximum atomic E-state index is 15.3. The molecule has 0 saturated carbocycles. The van der Waals surface area contributed by atoms with E-state index in [1.807, 2.05) is 0 Å². The van der Waals surface area contributed by atoms with Crippen LogP contribution in [0, 0.1) is 12.7 Å². The molecule has 11 heteroatoms. The summed E-state index contributed by atoms with van der Waals surface area (Å²) in [6.45, 7) is 5.65. The molecule has 0 aliphatic rings. The van der Waals surface area contributed by atoms with E-state index in [-0.39, 0.29) is 28.8 Å². The summed E-state index contributed by atoms with van der Waals surface area (Å²) < 4.78 is 61.0. The topological polar surface area (TPSA) is 85.7 Å². The number of hydrogen-bond donors (Lipinski definition) is 2. The Morgan fingerprint density at radius 2 is 1.86 bits per heavy atom. The Morgan fingerprint density at radius 3 is 2.47 bits per heavy atom. The van der Waals surface area contributed by atoms with Crippen LogP contribution < -0.4 is 14.8 Å². The number of methoxy groups -OCH3 is 2. The fourth-order valence-corrected chi connectivity index (χ4v) is 4.02. The molecule has 0 aliphatic heterocycles. The molecule has 3 aromatic rings. The van der Waals surface area contributed by atoms with Crippen LogP contribution in [0.15, 0.2) is 24.3 Å². The summed E-state index contributed by atoms with van der Waals surface area (Å²) >= 11 is 6.69. The number of aromatic nitrogens is 2. The monoisotopic (exact) mass is 527 g/mol. The maximum Gasteiger partial charge on any atom is 0.303 e. The number of aliphatic hydroxyl groups is 1. The van der Waals surface area contributed by atoms with Crippen molar-refractivity contribution in [2.75, 3.05) is 32.8 Å². The average molecular weight is 528 g/mol. The van der Waals surface area contributed by atoms with E-state index in [4.69, 9.17) is 25.8 Å². The van der Waals surface area contributed by atoms with Gasteiger partial charge in [0.05, 0.1) is 41.2 Å². The van der Waals surface area contributed by atoms with E-state index in [1.165, 1.54) is 26.4 Å². The molecule has 3 rings (SSSR count). The highest BCUT2D eigenvalue weighted by atomic mass is 35.5. The van der Waals surface area contributed by atoms with E-state index in [2.05, 4.69) is 15.3 Å². The molecule has 7 nitrogen and oxygen atoms in total. The van der Waals surface area contributed by atoms with Gasteiger partial charge >= 0.3 is 5.92 Å². The Labute approximate surface area is 212 Å². The predicted octanol–water partition coefficient (Wildman–Crippen LogP) is 5.80. The van der Waals surface area contributed by atoms with Gasteiger partial charge in [0, 0.05) is 18.7 Å². The Morgan fingerprint density at radius 1 is 1.17 bits per heavy atom. The first-order valence-corrected chi connectivity index (χ1v) is 11.5. The smallest absolute Gasteiger partial charge is 0.303 e. The van der Waals surface area contributed by atoms with Crippen LogP contribution in [0.5, 0.6) is 11.5 Å². The van der Waals surface area contributed by atoms with Crippen LogP contribution in [-0.2, 0) is 10.7 Å². The molecule has 2 aromatic carbocycles. The Hall–Kier alpha value is -2.82. The summed E-state index contributed by atoms with van der Waals surface area (Å²) in [5.41, 5.74) is -2.96. The second-order valence-electron chi connectivity index (χ2n) is 8.78. The minimum atomic E-state index is -3.82. The molecule has 0 radical (unpaired) electrons. The molecular formula is C25H29ClF3N3O4. The van der Waals surface area contributed by atoms with Crippen molar-refractivity contribution in [2.45, 2.75) is 45.3 Å². The summed E-state index contributed by atoms with van der Waals surface area (Å²) in [6.07, 6.45) is 0. The average Bonchev–Trinajstić information content (AvgIpc) is 2.79. The molecular weight excluding hydrogens is 499 g/mol. The number of fused-ring (bicyclic) bond motifs is 1. The fourth-order valence-electron chi connectivity index (χ4n) is 3.68. The molecule has 2 N–H and O–H groups in total. The second kappa shape index (κ2) is 10.7. The van der Waals surface area contributed by atoms with Crippen molar-refractivity contribution >= 4 is 28.3 Å². The zero-order valence-corrected chi connectivity index (χ0v) is 21.6. The van der Waals surface area contributed by atoms with Crippen LogP contribution in [0.1, 0.15) is 43.8 Å². The predicted molar refractivity (Wildman–Crippen MR) is 132 cm³/mol. The molecule has 0 unspecified atom stereocenters. The Kier molecular flexibility index (Phi) is 8.22. The van der Waals surface area contributed by atoms with Gasteiger partial charge in [0.25, 0.3) is 0 Å². The summed E-state index contributed by atoms with van der Waals surface area (Å²) in [7, 11) is 3.00. The van der Waals surface area contributed by atoms with Crippen LogP contribution in [0.25, 0.3) is 10.9 Å². The lowest BCUT2D eigenvalue weighted by atomic mass is 9.91. The summed E-state index contributed by atoms with van der Waals surface area (Å²) in [5, 5.41) is 13.5. The van der Waals surface area contributed by atoms with Crippen LogP contribution in [0.2, 0.25) is 5.02 Å². The van der Waals surface area contributed by atoms with E-state index in [0.717, 1.165) is 19.9 Å². The normalized spacial score (nSPS) is 13.1. The van der Waals surface area contributed by atoms with Crippen molar-refractivity contribution in [1.29, 1.82) is 0 Å². The van der Waals surface area contributed by atoms with Gasteiger partial charge in [-0.25, -0.2) is 14.4 Å². The molecule has 0 saturated heterocycles. The molecule has 1 aromatic heterocycles. The van der Waals surface area contributed by atoms with Crippen molar-refractivity contribution < 1.29 is 32.5 Å². The minimum Gasteiger partial charge on any atom is -0.493 e. The Balaban J connectivity index is 2.09. The number of ether oxygens (including phenoxy) is 3. The number of hydrogen-bond acceptors (Lipinski definition) is 7. The van der Waals surface area contributed by atoms with Gasteiger partial charge in [0.2, 0.25) is 0 Å². The van der Waals surface area contributed by atoms with Crippen LogP contribution in [0.3, 0.4) is 0 Å². The summed E-state index contributed by atoms with van der Waals surface area (Å²) in [5.74, 6) is -3.69. The van der Waals surface area contributed by atoms with Crippen molar-refractivity contribution in [3.8, 4) is 11.5 Å². The standard InChI is InChI=1S/C25H29ClF3N3O4/c1-13(15-8-7-9-16(21(15)27)25(28,29)24(3,4)33)30-23-19-17(31-14(2)32-23)12-18(35-6)22(20(19)26)36-11-10-34-5/h7-9,12-13,33H,10-11H2,1-6H3,(H,30,31,32)/t13-/m1/s1. The molecule has 1 heterocycles. The van der Waals surface area contributed by atoms with Crippen LogP contribution >= 0.6 is 11.6 Å². The molecule has 196 valence electrons. The van der Waals surface area contributed by atoms with E-state index in [9.17, 15) is 13.9 Å².